The van der Waals surface area contributed by atoms with Gasteiger partial charge in [0.1, 0.15) is 0 Å². The van der Waals surface area contributed by atoms with E-state index in [0.717, 1.165) is 31.1 Å². The first-order valence-electron chi connectivity index (χ1n) is 6.52. The highest BCUT2D eigenvalue weighted by Gasteiger charge is 2.18. The van der Waals surface area contributed by atoms with Gasteiger partial charge >= 0.3 is 0 Å². The highest BCUT2D eigenvalue weighted by Crippen LogP contribution is 2.19. The fourth-order valence-electron chi connectivity index (χ4n) is 2.42. The van der Waals surface area contributed by atoms with Crippen LogP contribution < -0.4 is 11.3 Å². The van der Waals surface area contributed by atoms with Crippen molar-refractivity contribution < 1.29 is 4.79 Å². The summed E-state index contributed by atoms with van der Waals surface area (Å²) in [7, 11) is 0. The highest BCUT2D eigenvalue weighted by molar-refractivity contribution is 5.95. The Bertz CT molecular complexity index is 411. The van der Waals surface area contributed by atoms with Crippen molar-refractivity contribution in [2.24, 2.45) is 11.8 Å². The molecule has 4 heteroatoms. The van der Waals surface area contributed by atoms with E-state index in [0.29, 0.717) is 5.56 Å². The van der Waals surface area contributed by atoms with Crippen LogP contribution in [0.2, 0.25) is 0 Å². The number of nitrogen functional groups attached to an aromatic ring is 1. The zero-order chi connectivity index (χ0) is 13.0. The van der Waals surface area contributed by atoms with Crippen molar-refractivity contribution in [3.63, 3.8) is 0 Å². The third-order valence-corrected chi connectivity index (χ3v) is 3.66. The third kappa shape index (κ3) is 3.09. The van der Waals surface area contributed by atoms with Crippen molar-refractivity contribution in [2.75, 3.05) is 13.1 Å². The fraction of sp³-hybridized carbons (Fsp3) is 0.500. The van der Waals surface area contributed by atoms with Gasteiger partial charge in [0, 0.05) is 12.1 Å². The summed E-state index contributed by atoms with van der Waals surface area (Å²) in [5, 5.41) is 0. The topological polar surface area (TPSA) is 58.4 Å². The van der Waals surface area contributed by atoms with Crippen LogP contribution in [0.5, 0.6) is 0 Å². The van der Waals surface area contributed by atoms with Crippen LogP contribution in [-0.4, -0.2) is 23.9 Å². The standard InChI is InChI=1S/C14H21N3O/c1-11-6-8-17(9-7-11)10-12-4-2-3-5-13(12)14(18)16-15/h2-5,11H,6-10,15H2,1H3,(H,16,18). The van der Waals surface area contributed by atoms with Gasteiger partial charge in [-0.2, -0.15) is 0 Å². The first-order valence-corrected chi connectivity index (χ1v) is 6.52. The molecule has 0 aromatic heterocycles. The molecule has 3 N–H and O–H groups in total. The molecule has 0 unspecified atom stereocenters. The number of carbonyl (C=O) groups excluding carboxylic acids is 1. The van der Waals surface area contributed by atoms with Gasteiger partial charge in [-0.25, -0.2) is 5.84 Å². The van der Waals surface area contributed by atoms with Crippen LogP contribution >= 0.6 is 0 Å². The van der Waals surface area contributed by atoms with Crippen molar-refractivity contribution in [3.05, 3.63) is 35.4 Å². The summed E-state index contributed by atoms with van der Waals surface area (Å²) in [6.45, 7) is 5.35. The molecule has 2 rings (SSSR count). The first kappa shape index (κ1) is 13.1. The molecule has 1 aromatic rings. The smallest absolute Gasteiger partial charge is 0.265 e. The van der Waals surface area contributed by atoms with Gasteiger partial charge in [0.25, 0.3) is 5.91 Å². The molecule has 0 spiro atoms. The lowest BCUT2D eigenvalue weighted by Gasteiger charge is -2.30. The summed E-state index contributed by atoms with van der Waals surface area (Å²) in [5.74, 6) is 5.82. The quantitative estimate of drug-likeness (QED) is 0.484. The van der Waals surface area contributed by atoms with Gasteiger partial charge in [0.05, 0.1) is 0 Å². The van der Waals surface area contributed by atoms with Crippen LogP contribution in [0.25, 0.3) is 0 Å². The van der Waals surface area contributed by atoms with Gasteiger partial charge in [0.2, 0.25) is 0 Å². The van der Waals surface area contributed by atoms with Gasteiger partial charge in [-0.05, 0) is 43.5 Å². The molecular weight excluding hydrogens is 226 g/mol. The van der Waals surface area contributed by atoms with E-state index in [1.807, 2.05) is 24.3 Å². The van der Waals surface area contributed by atoms with Crippen molar-refractivity contribution in [3.8, 4) is 0 Å². The molecule has 1 fully saturated rings. The molecule has 98 valence electrons. The highest BCUT2D eigenvalue weighted by atomic mass is 16.2. The lowest BCUT2D eigenvalue weighted by molar-refractivity contribution is 0.0950. The molecule has 0 radical (unpaired) electrons. The maximum Gasteiger partial charge on any atom is 0.265 e. The molecule has 0 atom stereocenters. The maximum absolute atomic E-state index is 11.7. The summed E-state index contributed by atoms with van der Waals surface area (Å²) in [6, 6.07) is 7.66. The van der Waals surface area contributed by atoms with Gasteiger partial charge in [-0.1, -0.05) is 25.1 Å². The van der Waals surface area contributed by atoms with E-state index < -0.39 is 0 Å². The number of hydrogen-bond acceptors (Lipinski definition) is 3. The van der Waals surface area contributed by atoms with Crippen LogP contribution in [0, 0.1) is 5.92 Å². The second kappa shape index (κ2) is 5.98. The fourth-order valence-corrected chi connectivity index (χ4v) is 2.42. The van der Waals surface area contributed by atoms with E-state index >= 15 is 0 Å². The number of amides is 1. The number of carbonyl (C=O) groups is 1. The predicted molar refractivity (Wildman–Crippen MR) is 71.8 cm³/mol. The Hall–Kier alpha value is -1.39. The average molecular weight is 247 g/mol. The van der Waals surface area contributed by atoms with E-state index in [4.69, 9.17) is 5.84 Å². The monoisotopic (exact) mass is 247 g/mol. The predicted octanol–water partition coefficient (Wildman–Crippen LogP) is 1.52. The van der Waals surface area contributed by atoms with Crippen LogP contribution in [0.1, 0.15) is 35.7 Å². The molecule has 0 aliphatic carbocycles. The van der Waals surface area contributed by atoms with E-state index in [1.54, 1.807) is 0 Å². The minimum Gasteiger partial charge on any atom is -0.299 e. The van der Waals surface area contributed by atoms with Crippen molar-refractivity contribution >= 4 is 5.91 Å². The molecule has 1 amide bonds. The Morgan fingerprint density at radius 1 is 1.39 bits per heavy atom. The maximum atomic E-state index is 11.7. The second-order valence-corrected chi connectivity index (χ2v) is 5.09. The van der Waals surface area contributed by atoms with Crippen molar-refractivity contribution in [1.82, 2.24) is 10.3 Å². The number of benzene rings is 1. The van der Waals surface area contributed by atoms with Crippen LogP contribution in [0.4, 0.5) is 0 Å². The number of nitrogens with one attached hydrogen (secondary N) is 1. The van der Waals surface area contributed by atoms with Crippen molar-refractivity contribution in [1.29, 1.82) is 0 Å². The lowest BCUT2D eigenvalue weighted by Crippen LogP contribution is -2.34. The average Bonchev–Trinajstić information content (AvgIpc) is 2.41. The van der Waals surface area contributed by atoms with E-state index in [2.05, 4.69) is 17.2 Å². The normalized spacial score (nSPS) is 17.7. The largest absolute Gasteiger partial charge is 0.299 e. The summed E-state index contributed by atoms with van der Waals surface area (Å²) in [4.78, 5) is 14.1. The summed E-state index contributed by atoms with van der Waals surface area (Å²) >= 11 is 0. The number of hydrogen-bond donors (Lipinski definition) is 2. The summed E-state index contributed by atoms with van der Waals surface area (Å²) in [5.41, 5.74) is 3.94. The Labute approximate surface area is 108 Å². The molecule has 1 aliphatic heterocycles. The number of hydrazine groups is 1. The van der Waals surface area contributed by atoms with Gasteiger partial charge in [-0.15, -0.1) is 0 Å². The molecule has 1 heterocycles. The molecular formula is C14H21N3O. The zero-order valence-corrected chi connectivity index (χ0v) is 10.9. The molecule has 4 nitrogen and oxygen atoms in total. The second-order valence-electron chi connectivity index (χ2n) is 5.09. The Balaban J connectivity index is 2.07. The van der Waals surface area contributed by atoms with Gasteiger partial charge in [0.15, 0.2) is 0 Å². The molecule has 1 saturated heterocycles. The SMILES string of the molecule is CC1CCN(Cc2ccccc2C(=O)NN)CC1. The molecule has 18 heavy (non-hydrogen) atoms. The van der Waals surface area contributed by atoms with E-state index in [-0.39, 0.29) is 5.91 Å². The first-order chi connectivity index (χ1) is 8.70. The van der Waals surface area contributed by atoms with E-state index in [9.17, 15) is 4.79 Å². The van der Waals surface area contributed by atoms with Gasteiger partial charge in [-0.3, -0.25) is 15.1 Å². The lowest BCUT2D eigenvalue weighted by atomic mass is 9.98. The number of nitrogens with zero attached hydrogens (tertiary/aromatic N) is 1. The minimum absolute atomic E-state index is 0.212. The third-order valence-electron chi connectivity index (χ3n) is 3.66. The number of likely N-dealkylation sites (tertiary alicyclic amines) is 1. The van der Waals surface area contributed by atoms with Crippen LogP contribution in [0.3, 0.4) is 0 Å². The Morgan fingerprint density at radius 3 is 2.72 bits per heavy atom. The van der Waals surface area contributed by atoms with Crippen LogP contribution in [-0.2, 0) is 6.54 Å². The number of rotatable bonds is 3. The minimum atomic E-state index is -0.212. The zero-order valence-electron chi connectivity index (χ0n) is 10.9. The molecule has 1 aromatic carbocycles. The number of piperidine rings is 1. The Kier molecular flexibility index (Phi) is 4.33. The van der Waals surface area contributed by atoms with Crippen LogP contribution in [0.15, 0.2) is 24.3 Å². The summed E-state index contributed by atoms with van der Waals surface area (Å²) in [6.07, 6.45) is 2.48. The van der Waals surface area contributed by atoms with Gasteiger partial charge < -0.3 is 0 Å². The number of nitrogens with two attached hydrogens (primary N) is 1. The molecule has 1 aliphatic rings. The van der Waals surface area contributed by atoms with E-state index in [1.165, 1.54) is 12.8 Å². The van der Waals surface area contributed by atoms with Crippen molar-refractivity contribution in [2.45, 2.75) is 26.3 Å². The summed E-state index contributed by atoms with van der Waals surface area (Å²) < 4.78 is 0. The Morgan fingerprint density at radius 2 is 2.06 bits per heavy atom. The molecule has 0 saturated carbocycles. The molecule has 0 bridgehead atoms.